The van der Waals surface area contributed by atoms with Crippen LogP contribution in [0.15, 0.2) is 47.5 Å². The van der Waals surface area contributed by atoms with Gasteiger partial charge in [-0.1, -0.05) is 30.1 Å². The first-order valence-electron chi connectivity index (χ1n) is 8.39. The zero-order valence-electron chi connectivity index (χ0n) is 14.4. The van der Waals surface area contributed by atoms with Crippen LogP contribution in [0.4, 0.5) is 11.4 Å². The molecular weight excluding hydrogens is 367 g/mol. The lowest BCUT2D eigenvalue weighted by Crippen LogP contribution is -2.18. The fourth-order valence-electron chi connectivity index (χ4n) is 3.18. The molecule has 26 heavy (non-hydrogen) atoms. The summed E-state index contributed by atoms with van der Waals surface area (Å²) in [4.78, 5) is 13.0. The number of Topliss-reactive ketones (excluding diaryl/α,β-unsaturated/α-hetero) is 1. The average Bonchev–Trinajstić information content (AvgIpc) is 2.58. The van der Waals surface area contributed by atoms with Gasteiger partial charge in [0.1, 0.15) is 0 Å². The van der Waals surface area contributed by atoms with Gasteiger partial charge in [0.15, 0.2) is 5.78 Å². The summed E-state index contributed by atoms with van der Waals surface area (Å²) in [5.74, 6) is 0.352. The summed E-state index contributed by atoms with van der Waals surface area (Å²) < 4.78 is 0. The van der Waals surface area contributed by atoms with E-state index < -0.39 is 0 Å². The highest BCUT2D eigenvalue weighted by Gasteiger charge is 2.25. The molecule has 0 radical (unpaired) electrons. The van der Waals surface area contributed by atoms with Crippen molar-refractivity contribution in [1.29, 1.82) is 0 Å². The van der Waals surface area contributed by atoms with E-state index in [2.05, 4.69) is 6.92 Å². The Bertz CT molecular complexity index is 858. The topological polar surface area (TPSA) is 69.1 Å². The quantitative estimate of drug-likeness (QED) is 0.519. The standard InChI is InChI=1S/C21H20Cl2N2O/c1-12-6-15(8-13-10-17(24)2-4-19(13)22)21(26)16(7-12)9-14-11-18(25)3-5-20(14)23/h2-5,8-12H,6-7,24-25H2,1H3. The number of nitrogens with two attached hydrogens (primary N) is 2. The molecule has 2 aromatic carbocycles. The molecule has 134 valence electrons. The van der Waals surface area contributed by atoms with E-state index in [4.69, 9.17) is 34.7 Å². The lowest BCUT2D eigenvalue weighted by Gasteiger charge is -2.23. The van der Waals surface area contributed by atoms with Crippen LogP contribution in [0.5, 0.6) is 0 Å². The summed E-state index contributed by atoms with van der Waals surface area (Å²) in [6.45, 7) is 2.12. The smallest absolute Gasteiger partial charge is 0.185 e. The molecule has 4 N–H and O–H groups in total. The molecule has 0 saturated heterocycles. The summed E-state index contributed by atoms with van der Waals surface area (Å²) in [5.41, 5.74) is 15.9. The molecule has 0 amide bonds. The Balaban J connectivity index is 2.01. The van der Waals surface area contributed by atoms with Gasteiger partial charge in [-0.25, -0.2) is 0 Å². The van der Waals surface area contributed by atoms with Crippen molar-refractivity contribution < 1.29 is 4.79 Å². The molecule has 1 aliphatic rings. The summed E-state index contributed by atoms with van der Waals surface area (Å²) in [5, 5.41) is 1.14. The lowest BCUT2D eigenvalue weighted by atomic mass is 9.80. The fraction of sp³-hybridized carbons (Fsp3) is 0.190. The number of benzene rings is 2. The van der Waals surface area contributed by atoms with Crippen LogP contribution >= 0.6 is 23.2 Å². The first-order valence-corrected chi connectivity index (χ1v) is 9.15. The highest BCUT2D eigenvalue weighted by atomic mass is 35.5. The Morgan fingerprint density at radius 1 is 0.885 bits per heavy atom. The maximum Gasteiger partial charge on any atom is 0.185 e. The van der Waals surface area contributed by atoms with Crippen molar-refractivity contribution in [3.63, 3.8) is 0 Å². The number of anilines is 2. The van der Waals surface area contributed by atoms with Gasteiger partial charge in [-0.2, -0.15) is 0 Å². The minimum absolute atomic E-state index is 0.0140. The van der Waals surface area contributed by atoms with Gasteiger partial charge in [0.25, 0.3) is 0 Å². The van der Waals surface area contributed by atoms with Crippen molar-refractivity contribution in [2.75, 3.05) is 11.5 Å². The van der Waals surface area contributed by atoms with Crippen LogP contribution in [-0.4, -0.2) is 5.78 Å². The molecule has 0 aromatic heterocycles. The van der Waals surface area contributed by atoms with Gasteiger partial charge in [0, 0.05) is 32.6 Å². The van der Waals surface area contributed by atoms with Crippen LogP contribution in [0.3, 0.4) is 0 Å². The number of hydrogen-bond acceptors (Lipinski definition) is 3. The van der Waals surface area contributed by atoms with Crippen LogP contribution in [0.1, 0.15) is 30.9 Å². The predicted octanol–water partition coefficient (Wildman–Crippen LogP) is 5.62. The van der Waals surface area contributed by atoms with Gasteiger partial charge in [-0.15, -0.1) is 0 Å². The molecule has 5 heteroatoms. The Hall–Kier alpha value is -2.23. The summed E-state index contributed by atoms with van der Waals surface area (Å²) in [6.07, 6.45) is 5.08. The second-order valence-electron chi connectivity index (χ2n) is 6.74. The lowest BCUT2D eigenvalue weighted by molar-refractivity contribution is -0.113. The van der Waals surface area contributed by atoms with Crippen molar-refractivity contribution in [3.05, 3.63) is 68.7 Å². The first kappa shape index (κ1) is 18.6. The van der Waals surface area contributed by atoms with E-state index in [9.17, 15) is 4.79 Å². The van der Waals surface area contributed by atoms with Gasteiger partial charge in [0.05, 0.1) is 0 Å². The number of carbonyl (C=O) groups excluding carboxylic acids is 1. The SMILES string of the molecule is CC1CC(=Cc2cc(N)ccc2Cl)C(=O)C(=Cc2cc(N)ccc2Cl)C1. The summed E-state index contributed by atoms with van der Waals surface area (Å²) >= 11 is 12.5. The van der Waals surface area contributed by atoms with Crippen LogP contribution in [-0.2, 0) is 4.79 Å². The van der Waals surface area contributed by atoms with Crippen molar-refractivity contribution in [2.24, 2.45) is 5.92 Å². The largest absolute Gasteiger partial charge is 0.399 e. The van der Waals surface area contributed by atoms with E-state index in [1.165, 1.54) is 0 Å². The van der Waals surface area contributed by atoms with Crippen LogP contribution in [0, 0.1) is 5.92 Å². The molecule has 0 bridgehead atoms. The molecule has 0 spiro atoms. The predicted molar refractivity (Wildman–Crippen MR) is 111 cm³/mol. The molecular formula is C21H20Cl2N2O. The van der Waals surface area contributed by atoms with Gasteiger partial charge in [-0.3, -0.25) is 4.79 Å². The normalized spacial score (nSPS) is 20.7. The van der Waals surface area contributed by atoms with Crippen LogP contribution < -0.4 is 11.5 Å². The van der Waals surface area contributed by atoms with Gasteiger partial charge >= 0.3 is 0 Å². The van der Waals surface area contributed by atoms with Crippen LogP contribution in [0.2, 0.25) is 10.0 Å². The van der Waals surface area contributed by atoms with E-state index in [1.807, 2.05) is 12.2 Å². The van der Waals surface area contributed by atoms with Gasteiger partial charge in [0.2, 0.25) is 0 Å². The first-order chi connectivity index (χ1) is 12.3. The van der Waals surface area contributed by atoms with E-state index in [0.29, 0.717) is 40.2 Å². The third-order valence-electron chi connectivity index (χ3n) is 4.42. The minimum Gasteiger partial charge on any atom is -0.399 e. The van der Waals surface area contributed by atoms with E-state index in [0.717, 1.165) is 22.3 Å². The number of ketones is 1. The number of hydrogen-bond donors (Lipinski definition) is 2. The van der Waals surface area contributed by atoms with Crippen molar-refractivity contribution in [2.45, 2.75) is 19.8 Å². The molecule has 2 aromatic rings. The molecule has 0 heterocycles. The third kappa shape index (κ3) is 4.12. The van der Waals surface area contributed by atoms with E-state index in [-0.39, 0.29) is 5.78 Å². The Kier molecular flexibility index (Phi) is 5.40. The Morgan fingerprint density at radius 2 is 1.31 bits per heavy atom. The third-order valence-corrected chi connectivity index (χ3v) is 5.11. The highest BCUT2D eigenvalue weighted by molar-refractivity contribution is 6.33. The maximum atomic E-state index is 13.0. The molecule has 1 aliphatic carbocycles. The Morgan fingerprint density at radius 3 is 1.73 bits per heavy atom. The minimum atomic E-state index is 0.0140. The van der Waals surface area contributed by atoms with Crippen molar-refractivity contribution >= 4 is 52.5 Å². The van der Waals surface area contributed by atoms with E-state index >= 15 is 0 Å². The summed E-state index contributed by atoms with van der Waals surface area (Å²) in [6, 6.07) is 10.5. The Labute approximate surface area is 163 Å². The highest BCUT2D eigenvalue weighted by Crippen LogP contribution is 2.34. The monoisotopic (exact) mass is 386 g/mol. The molecule has 0 atom stereocenters. The number of allylic oxidation sites excluding steroid dienone is 2. The second kappa shape index (κ2) is 7.56. The molecule has 3 nitrogen and oxygen atoms in total. The molecule has 0 aliphatic heterocycles. The number of rotatable bonds is 2. The average molecular weight is 387 g/mol. The molecule has 0 unspecified atom stereocenters. The number of halogens is 2. The number of carbonyl (C=O) groups is 1. The molecule has 3 rings (SSSR count). The van der Waals surface area contributed by atoms with Crippen molar-refractivity contribution in [3.8, 4) is 0 Å². The van der Waals surface area contributed by atoms with Crippen molar-refractivity contribution in [1.82, 2.24) is 0 Å². The van der Waals surface area contributed by atoms with Gasteiger partial charge < -0.3 is 11.5 Å². The van der Waals surface area contributed by atoms with E-state index in [1.54, 1.807) is 36.4 Å². The molecule has 1 fully saturated rings. The fourth-order valence-corrected chi connectivity index (χ4v) is 3.53. The van der Waals surface area contributed by atoms with Gasteiger partial charge in [-0.05, 0) is 78.4 Å². The molecule has 1 saturated carbocycles. The zero-order valence-corrected chi connectivity index (χ0v) is 15.9. The maximum absolute atomic E-state index is 13.0. The number of nitrogen functional groups attached to an aromatic ring is 2. The zero-order chi connectivity index (χ0) is 18.8. The summed E-state index contributed by atoms with van der Waals surface area (Å²) in [7, 11) is 0. The van der Waals surface area contributed by atoms with Crippen LogP contribution in [0.25, 0.3) is 12.2 Å². The second-order valence-corrected chi connectivity index (χ2v) is 7.56.